The number of hydrogen-bond donors (Lipinski definition) is 2. The van der Waals surface area contributed by atoms with Crippen molar-refractivity contribution in [3.05, 3.63) is 12.7 Å². The summed E-state index contributed by atoms with van der Waals surface area (Å²) < 4.78 is 0. The molecule has 0 heterocycles. The van der Waals surface area contributed by atoms with Crippen LogP contribution in [0.2, 0.25) is 0 Å². The highest BCUT2D eigenvalue weighted by Gasteiger charge is 1.93. The van der Waals surface area contributed by atoms with E-state index < -0.39 is 0 Å². The molecule has 0 saturated carbocycles. The number of unbranched alkanes of at least 4 members (excludes halogenated alkanes) is 5. The molecule has 0 aliphatic carbocycles. The lowest BCUT2D eigenvalue weighted by atomic mass is 10.1. The molecule has 0 saturated heterocycles. The van der Waals surface area contributed by atoms with Gasteiger partial charge in [-0.1, -0.05) is 45.1 Å². The zero-order valence-electron chi connectivity index (χ0n) is 9.85. The average Bonchev–Trinajstić information content (AvgIpc) is 2.25. The Morgan fingerprint density at radius 2 is 1.80 bits per heavy atom. The minimum atomic E-state index is 0.738. The van der Waals surface area contributed by atoms with E-state index in [1.165, 1.54) is 38.5 Å². The van der Waals surface area contributed by atoms with Crippen LogP contribution in [0.1, 0.15) is 45.4 Å². The summed E-state index contributed by atoms with van der Waals surface area (Å²) in [5, 5.41) is 6.97. The summed E-state index contributed by atoms with van der Waals surface area (Å²) in [6.07, 6.45) is 9.72. The first-order valence-corrected chi connectivity index (χ1v) is 6.34. The maximum atomic E-state index is 5.07. The van der Waals surface area contributed by atoms with E-state index in [2.05, 4.69) is 24.1 Å². The van der Waals surface area contributed by atoms with E-state index in [1.807, 2.05) is 0 Å². The molecule has 0 aromatic carbocycles. The van der Waals surface area contributed by atoms with Gasteiger partial charge in [0.25, 0.3) is 0 Å². The number of thiocarbonyl (C=S) groups is 1. The summed E-state index contributed by atoms with van der Waals surface area (Å²) in [6, 6.07) is 0. The van der Waals surface area contributed by atoms with Crippen LogP contribution in [0.5, 0.6) is 0 Å². The fourth-order valence-corrected chi connectivity index (χ4v) is 1.52. The highest BCUT2D eigenvalue weighted by Crippen LogP contribution is 2.03. The second-order valence-electron chi connectivity index (χ2n) is 3.69. The molecule has 0 bridgehead atoms. The number of rotatable bonds is 9. The van der Waals surface area contributed by atoms with Gasteiger partial charge < -0.3 is 10.6 Å². The van der Waals surface area contributed by atoms with Gasteiger partial charge >= 0.3 is 0 Å². The molecular formula is C12H24N2S. The largest absolute Gasteiger partial charge is 0.363 e. The van der Waals surface area contributed by atoms with Crippen molar-refractivity contribution in [1.29, 1.82) is 0 Å². The Morgan fingerprint density at radius 3 is 2.47 bits per heavy atom. The van der Waals surface area contributed by atoms with Crippen molar-refractivity contribution >= 4 is 17.3 Å². The lowest BCUT2D eigenvalue weighted by molar-refractivity contribution is 0.601. The molecule has 0 unspecified atom stereocenters. The van der Waals surface area contributed by atoms with Crippen molar-refractivity contribution in [2.24, 2.45) is 0 Å². The monoisotopic (exact) mass is 228 g/mol. The molecule has 0 spiro atoms. The molecule has 0 atom stereocenters. The smallest absolute Gasteiger partial charge is 0.166 e. The summed E-state index contributed by atoms with van der Waals surface area (Å²) >= 11 is 5.07. The topological polar surface area (TPSA) is 24.1 Å². The summed E-state index contributed by atoms with van der Waals surface area (Å²) in [7, 11) is 0. The van der Waals surface area contributed by atoms with Crippen LogP contribution in [0.15, 0.2) is 12.7 Å². The zero-order valence-corrected chi connectivity index (χ0v) is 10.7. The van der Waals surface area contributed by atoms with Gasteiger partial charge in [-0.3, -0.25) is 0 Å². The third kappa shape index (κ3) is 11.4. The number of hydrogen-bond acceptors (Lipinski definition) is 1. The molecule has 3 heteroatoms. The lowest BCUT2D eigenvalue weighted by Gasteiger charge is -2.08. The Bertz CT molecular complexity index is 169. The van der Waals surface area contributed by atoms with Gasteiger partial charge in [-0.15, -0.1) is 6.58 Å². The van der Waals surface area contributed by atoms with E-state index in [0.29, 0.717) is 0 Å². The lowest BCUT2D eigenvalue weighted by Crippen LogP contribution is -2.35. The minimum Gasteiger partial charge on any atom is -0.363 e. The van der Waals surface area contributed by atoms with Gasteiger partial charge in [0.1, 0.15) is 0 Å². The fourth-order valence-electron chi connectivity index (χ4n) is 1.33. The van der Waals surface area contributed by atoms with E-state index >= 15 is 0 Å². The van der Waals surface area contributed by atoms with E-state index in [9.17, 15) is 0 Å². The third-order valence-electron chi connectivity index (χ3n) is 2.22. The Labute approximate surface area is 99.5 Å². The van der Waals surface area contributed by atoms with Crippen molar-refractivity contribution in [1.82, 2.24) is 10.6 Å². The van der Waals surface area contributed by atoms with E-state index in [-0.39, 0.29) is 0 Å². The SMILES string of the molecule is C=CCNC(=S)NCCCCCCCC. The van der Waals surface area contributed by atoms with Crippen LogP contribution in [0.4, 0.5) is 0 Å². The van der Waals surface area contributed by atoms with Gasteiger partial charge in [-0.25, -0.2) is 0 Å². The third-order valence-corrected chi connectivity index (χ3v) is 2.51. The standard InChI is InChI=1S/C12H24N2S/c1-3-5-6-7-8-9-11-14-12(15)13-10-4-2/h4H,2-3,5-11H2,1H3,(H2,13,14,15). The molecule has 0 aliphatic heterocycles. The van der Waals surface area contributed by atoms with Gasteiger partial charge in [0.05, 0.1) is 0 Å². The first-order chi connectivity index (χ1) is 7.31. The average molecular weight is 228 g/mol. The van der Waals surface area contributed by atoms with Crippen LogP contribution in [-0.4, -0.2) is 18.2 Å². The molecule has 2 N–H and O–H groups in total. The van der Waals surface area contributed by atoms with E-state index in [4.69, 9.17) is 12.2 Å². The van der Waals surface area contributed by atoms with Crippen LogP contribution < -0.4 is 10.6 Å². The Hall–Kier alpha value is -0.570. The van der Waals surface area contributed by atoms with E-state index in [0.717, 1.165) is 18.2 Å². The van der Waals surface area contributed by atoms with Gasteiger partial charge in [0, 0.05) is 13.1 Å². The van der Waals surface area contributed by atoms with E-state index in [1.54, 1.807) is 6.08 Å². The molecule has 0 amide bonds. The summed E-state index contributed by atoms with van der Waals surface area (Å²) in [6.45, 7) is 7.58. The Kier molecular flexibility index (Phi) is 11.1. The molecule has 0 aliphatic rings. The fraction of sp³-hybridized carbons (Fsp3) is 0.750. The quantitative estimate of drug-likeness (QED) is 0.360. The predicted molar refractivity (Wildman–Crippen MR) is 72.2 cm³/mol. The molecule has 0 fully saturated rings. The van der Waals surface area contributed by atoms with Crippen molar-refractivity contribution in [3.8, 4) is 0 Å². The van der Waals surface area contributed by atoms with Crippen LogP contribution >= 0.6 is 12.2 Å². The minimum absolute atomic E-state index is 0.738. The molecule has 0 rings (SSSR count). The zero-order chi connectivity index (χ0) is 11.4. The normalized spacial score (nSPS) is 9.67. The highest BCUT2D eigenvalue weighted by atomic mass is 32.1. The molecule has 88 valence electrons. The van der Waals surface area contributed by atoms with Crippen molar-refractivity contribution < 1.29 is 0 Å². The van der Waals surface area contributed by atoms with Crippen molar-refractivity contribution in [3.63, 3.8) is 0 Å². The molecule has 0 aromatic rings. The molecule has 0 aromatic heterocycles. The van der Waals surface area contributed by atoms with Crippen LogP contribution in [0.25, 0.3) is 0 Å². The molecular weight excluding hydrogens is 204 g/mol. The maximum Gasteiger partial charge on any atom is 0.166 e. The molecule has 15 heavy (non-hydrogen) atoms. The summed E-state index contributed by atoms with van der Waals surface area (Å²) in [4.78, 5) is 0. The van der Waals surface area contributed by atoms with Crippen LogP contribution in [0.3, 0.4) is 0 Å². The maximum absolute atomic E-state index is 5.07. The number of nitrogens with one attached hydrogen (secondary N) is 2. The van der Waals surface area contributed by atoms with Crippen LogP contribution in [0, 0.1) is 0 Å². The predicted octanol–water partition coefficient (Wildman–Crippen LogP) is 3.00. The first-order valence-electron chi connectivity index (χ1n) is 5.93. The highest BCUT2D eigenvalue weighted by molar-refractivity contribution is 7.80. The molecule has 2 nitrogen and oxygen atoms in total. The van der Waals surface area contributed by atoms with Crippen molar-refractivity contribution in [2.45, 2.75) is 45.4 Å². The second kappa shape index (κ2) is 11.5. The Balaban J connectivity index is 3.09. The first kappa shape index (κ1) is 14.4. The summed E-state index contributed by atoms with van der Waals surface area (Å²) in [5.41, 5.74) is 0. The van der Waals surface area contributed by atoms with Gasteiger partial charge in [-0.2, -0.15) is 0 Å². The van der Waals surface area contributed by atoms with Crippen LogP contribution in [-0.2, 0) is 0 Å². The summed E-state index contributed by atoms with van der Waals surface area (Å²) in [5.74, 6) is 0. The molecule has 0 radical (unpaired) electrons. The van der Waals surface area contributed by atoms with Gasteiger partial charge in [0.15, 0.2) is 5.11 Å². The second-order valence-corrected chi connectivity index (χ2v) is 4.10. The Morgan fingerprint density at radius 1 is 1.13 bits per heavy atom. The van der Waals surface area contributed by atoms with Gasteiger partial charge in [0.2, 0.25) is 0 Å². The van der Waals surface area contributed by atoms with Crippen molar-refractivity contribution in [2.75, 3.05) is 13.1 Å². The van der Waals surface area contributed by atoms with Gasteiger partial charge in [-0.05, 0) is 18.6 Å².